The monoisotopic (exact) mass is 496 g/mol. The summed E-state index contributed by atoms with van der Waals surface area (Å²) >= 11 is 1.17. The molecule has 2 rings (SSSR count). The molecule has 2 unspecified atom stereocenters. The van der Waals surface area contributed by atoms with Gasteiger partial charge in [-0.15, -0.1) is 11.8 Å². The van der Waals surface area contributed by atoms with Gasteiger partial charge in [-0.3, -0.25) is 19.2 Å². The van der Waals surface area contributed by atoms with E-state index in [2.05, 4.69) is 31.7 Å². The van der Waals surface area contributed by atoms with Crippen LogP contribution in [0.25, 0.3) is 0 Å². The van der Waals surface area contributed by atoms with Crippen LogP contribution in [0, 0.1) is 0 Å². The molecule has 0 radical (unpaired) electrons. The van der Waals surface area contributed by atoms with Crippen LogP contribution >= 0.6 is 11.8 Å². The van der Waals surface area contributed by atoms with Crippen LogP contribution in [0.3, 0.4) is 0 Å². The fourth-order valence-electron chi connectivity index (χ4n) is 2.66. The first-order valence-corrected chi connectivity index (χ1v) is 11.6. The molecule has 0 saturated carbocycles. The smallest absolute Gasteiger partial charge is 0.252 e. The summed E-state index contributed by atoms with van der Waals surface area (Å²) in [7, 11) is 0. The number of nitrogens with zero attached hydrogens (tertiary/aromatic N) is 2. The van der Waals surface area contributed by atoms with E-state index in [1.165, 1.54) is 38.0 Å². The summed E-state index contributed by atoms with van der Waals surface area (Å²) in [6, 6.07) is 13.9. The molecule has 2 atom stereocenters. The van der Waals surface area contributed by atoms with Crippen molar-refractivity contribution < 1.29 is 19.2 Å². The highest BCUT2D eigenvalue weighted by Crippen LogP contribution is 2.18. The van der Waals surface area contributed by atoms with Gasteiger partial charge in [0.1, 0.15) is 0 Å². The number of carbonyl (C=O) groups is 4. The van der Waals surface area contributed by atoms with Crippen molar-refractivity contribution >= 4 is 59.2 Å². The zero-order valence-electron chi connectivity index (χ0n) is 19.9. The topological polar surface area (TPSA) is 141 Å². The van der Waals surface area contributed by atoms with Crippen molar-refractivity contribution in [1.82, 2.24) is 10.9 Å². The standard InChI is InChI=1S/C24H28N6O4S/c1-15(23(33)29-25-13-19-5-9-21(10-6-19)27-17(3)31)35-16(2)24(34)30-26-14-20-7-11-22(12-8-20)28-18(4)32/h5-16H,1-4H3,(H,27,31)(H,28,32)(H,29,33)(H,30,34)/b25-13-,26-14+. The number of hydrogen-bond acceptors (Lipinski definition) is 7. The maximum atomic E-state index is 12.3. The molecule has 0 aliphatic carbocycles. The Morgan fingerprint density at radius 1 is 0.686 bits per heavy atom. The molecule has 0 bridgehead atoms. The Hall–Kier alpha value is -3.99. The minimum atomic E-state index is -0.527. The number of hydrazone groups is 2. The van der Waals surface area contributed by atoms with Gasteiger partial charge in [-0.2, -0.15) is 10.2 Å². The molecule has 0 saturated heterocycles. The van der Waals surface area contributed by atoms with Gasteiger partial charge in [0, 0.05) is 25.2 Å². The number of thioether (sulfide) groups is 1. The zero-order valence-corrected chi connectivity index (χ0v) is 20.7. The van der Waals surface area contributed by atoms with Crippen LogP contribution < -0.4 is 21.5 Å². The van der Waals surface area contributed by atoms with Crippen molar-refractivity contribution in [3.05, 3.63) is 59.7 Å². The minimum absolute atomic E-state index is 0.158. The van der Waals surface area contributed by atoms with E-state index in [0.717, 1.165) is 11.1 Å². The molecule has 2 aromatic carbocycles. The highest BCUT2D eigenvalue weighted by Gasteiger charge is 2.21. The van der Waals surface area contributed by atoms with E-state index < -0.39 is 10.5 Å². The highest BCUT2D eigenvalue weighted by molar-refractivity contribution is 8.01. The lowest BCUT2D eigenvalue weighted by molar-refractivity contribution is -0.120. The van der Waals surface area contributed by atoms with Gasteiger partial charge in [0.05, 0.1) is 22.9 Å². The Morgan fingerprint density at radius 2 is 1.03 bits per heavy atom. The van der Waals surface area contributed by atoms with E-state index >= 15 is 0 Å². The average Bonchev–Trinajstić information content (AvgIpc) is 2.80. The third kappa shape index (κ3) is 10.2. The molecule has 4 amide bonds. The third-order valence-corrected chi connectivity index (χ3v) is 5.63. The van der Waals surface area contributed by atoms with Gasteiger partial charge in [-0.1, -0.05) is 24.3 Å². The summed E-state index contributed by atoms with van der Waals surface area (Å²) in [5.41, 5.74) is 7.74. The summed E-state index contributed by atoms with van der Waals surface area (Å²) < 4.78 is 0. The first kappa shape index (κ1) is 27.3. The Labute approximate surface area is 208 Å². The second-order valence-electron chi connectivity index (χ2n) is 7.50. The fraction of sp³-hybridized carbons (Fsp3) is 0.250. The molecule has 0 aliphatic heterocycles. The first-order valence-electron chi connectivity index (χ1n) is 10.7. The quantitative estimate of drug-likeness (QED) is 0.296. The lowest BCUT2D eigenvalue weighted by atomic mass is 10.2. The lowest BCUT2D eigenvalue weighted by Gasteiger charge is -2.14. The number of benzene rings is 2. The van der Waals surface area contributed by atoms with Crippen molar-refractivity contribution in [3.63, 3.8) is 0 Å². The van der Waals surface area contributed by atoms with Crippen molar-refractivity contribution in [2.75, 3.05) is 10.6 Å². The number of rotatable bonds is 10. The van der Waals surface area contributed by atoms with Gasteiger partial charge in [0.2, 0.25) is 11.8 Å². The van der Waals surface area contributed by atoms with Crippen LogP contribution in [0.15, 0.2) is 58.7 Å². The molecule has 4 N–H and O–H groups in total. The van der Waals surface area contributed by atoms with Gasteiger partial charge in [-0.05, 0) is 49.2 Å². The van der Waals surface area contributed by atoms with Crippen LogP contribution in [0.4, 0.5) is 11.4 Å². The van der Waals surface area contributed by atoms with E-state index in [-0.39, 0.29) is 23.6 Å². The van der Waals surface area contributed by atoms with Gasteiger partial charge < -0.3 is 10.6 Å². The molecule has 184 valence electrons. The van der Waals surface area contributed by atoms with Crippen molar-refractivity contribution in [1.29, 1.82) is 0 Å². The predicted octanol–water partition coefficient (Wildman–Crippen LogP) is 2.71. The number of nitrogens with one attached hydrogen (secondary N) is 4. The van der Waals surface area contributed by atoms with Crippen LogP contribution in [0.5, 0.6) is 0 Å². The molecule has 0 aliphatic rings. The lowest BCUT2D eigenvalue weighted by Crippen LogP contribution is -2.33. The first-order chi connectivity index (χ1) is 16.6. The molecular weight excluding hydrogens is 468 g/mol. The highest BCUT2D eigenvalue weighted by atomic mass is 32.2. The second-order valence-corrected chi connectivity index (χ2v) is 9.18. The van der Waals surface area contributed by atoms with Crippen molar-refractivity contribution in [3.8, 4) is 0 Å². The Kier molecular flexibility index (Phi) is 10.6. The van der Waals surface area contributed by atoms with Gasteiger partial charge in [-0.25, -0.2) is 10.9 Å². The maximum absolute atomic E-state index is 12.3. The van der Waals surface area contributed by atoms with E-state index in [1.54, 1.807) is 62.4 Å². The molecule has 0 fully saturated rings. The van der Waals surface area contributed by atoms with E-state index in [9.17, 15) is 19.2 Å². The summed E-state index contributed by atoms with van der Waals surface area (Å²) in [5.74, 6) is -1.00. The largest absolute Gasteiger partial charge is 0.326 e. The van der Waals surface area contributed by atoms with Gasteiger partial charge in [0.15, 0.2) is 0 Å². The van der Waals surface area contributed by atoms with E-state index in [4.69, 9.17) is 0 Å². The Balaban J connectivity index is 1.76. The fourth-order valence-corrected chi connectivity index (χ4v) is 3.63. The van der Waals surface area contributed by atoms with Crippen LogP contribution in [0.1, 0.15) is 38.8 Å². The molecule has 0 spiro atoms. The number of hydrogen-bond donors (Lipinski definition) is 4. The number of carbonyl (C=O) groups excluding carboxylic acids is 4. The summed E-state index contributed by atoms with van der Waals surface area (Å²) in [6.45, 7) is 6.22. The SMILES string of the molecule is CC(=O)Nc1ccc(/C=N\NC(=O)C(C)SC(C)C(=O)N/N=C/c2ccc(NC(C)=O)cc2)cc1. The Bertz CT molecular complexity index is 1010. The van der Waals surface area contributed by atoms with Crippen LogP contribution in [0.2, 0.25) is 0 Å². The molecule has 0 heterocycles. The summed E-state index contributed by atoms with van der Waals surface area (Å²) in [5, 5.41) is 12.2. The molecule has 10 nitrogen and oxygen atoms in total. The van der Waals surface area contributed by atoms with Crippen LogP contribution in [-0.4, -0.2) is 46.6 Å². The van der Waals surface area contributed by atoms with E-state index in [0.29, 0.717) is 11.4 Å². The molecule has 0 aromatic heterocycles. The average molecular weight is 497 g/mol. The predicted molar refractivity (Wildman–Crippen MR) is 139 cm³/mol. The summed E-state index contributed by atoms with van der Waals surface area (Å²) in [6.07, 6.45) is 2.97. The second kappa shape index (κ2) is 13.7. The maximum Gasteiger partial charge on any atom is 0.252 e. The third-order valence-electron chi connectivity index (χ3n) is 4.39. The molecule has 35 heavy (non-hydrogen) atoms. The molecular formula is C24H28N6O4S. The molecule has 11 heteroatoms. The van der Waals surface area contributed by atoms with Gasteiger partial charge >= 0.3 is 0 Å². The van der Waals surface area contributed by atoms with Crippen LogP contribution in [-0.2, 0) is 19.2 Å². The normalized spacial score (nSPS) is 12.7. The minimum Gasteiger partial charge on any atom is -0.326 e. The molecule has 2 aromatic rings. The summed E-state index contributed by atoms with van der Waals surface area (Å²) in [4.78, 5) is 46.7. The van der Waals surface area contributed by atoms with Crippen molar-refractivity contribution in [2.24, 2.45) is 10.2 Å². The van der Waals surface area contributed by atoms with Gasteiger partial charge in [0.25, 0.3) is 11.8 Å². The van der Waals surface area contributed by atoms with Crippen molar-refractivity contribution in [2.45, 2.75) is 38.2 Å². The zero-order chi connectivity index (χ0) is 25.8. The number of anilines is 2. The number of amides is 4. The Morgan fingerprint density at radius 3 is 1.34 bits per heavy atom. The van der Waals surface area contributed by atoms with E-state index in [1.807, 2.05) is 0 Å².